The molecule has 6 rings (SSSR count). The Labute approximate surface area is 172 Å². The zero-order valence-corrected chi connectivity index (χ0v) is 17.3. The fourth-order valence-corrected chi connectivity index (χ4v) is 6.04. The molecule has 29 heavy (non-hydrogen) atoms. The number of carbonyl (C=O) groups excluding carboxylic acids is 1. The first-order chi connectivity index (χ1) is 14.1. The van der Waals surface area contributed by atoms with E-state index in [-0.39, 0.29) is 5.92 Å². The molecule has 0 spiro atoms. The zero-order chi connectivity index (χ0) is 19.8. The van der Waals surface area contributed by atoms with Crippen LogP contribution in [0.3, 0.4) is 0 Å². The van der Waals surface area contributed by atoms with Gasteiger partial charge in [0.2, 0.25) is 5.91 Å². The van der Waals surface area contributed by atoms with Crippen LogP contribution in [0.4, 0.5) is 0 Å². The third-order valence-electron chi connectivity index (χ3n) is 7.80. The molecule has 1 aliphatic carbocycles. The molecule has 4 atom stereocenters. The Hall–Kier alpha value is -1.51. The minimum atomic E-state index is -0.787. The van der Waals surface area contributed by atoms with Gasteiger partial charge in [0.1, 0.15) is 17.3 Å². The number of morpholine rings is 1. The van der Waals surface area contributed by atoms with Crippen molar-refractivity contribution >= 4 is 5.91 Å². The molecule has 1 aromatic heterocycles. The van der Waals surface area contributed by atoms with Gasteiger partial charge in [0.05, 0.1) is 45.0 Å². The van der Waals surface area contributed by atoms with Crippen molar-refractivity contribution in [2.75, 3.05) is 39.4 Å². The van der Waals surface area contributed by atoms with Crippen molar-refractivity contribution in [3.05, 3.63) is 11.9 Å². The van der Waals surface area contributed by atoms with Crippen LogP contribution in [0, 0.1) is 11.8 Å². The topological polar surface area (TPSA) is 84.9 Å². The summed E-state index contributed by atoms with van der Waals surface area (Å²) in [6.45, 7) is 5.74. The molecule has 5 heterocycles. The van der Waals surface area contributed by atoms with E-state index in [0.29, 0.717) is 31.1 Å². The van der Waals surface area contributed by atoms with Crippen LogP contribution in [-0.2, 0) is 21.7 Å². The zero-order valence-electron chi connectivity index (χ0n) is 17.3. The van der Waals surface area contributed by atoms with E-state index >= 15 is 0 Å². The van der Waals surface area contributed by atoms with Crippen LogP contribution in [0.2, 0.25) is 0 Å². The van der Waals surface area contributed by atoms with Crippen molar-refractivity contribution in [2.45, 2.75) is 63.1 Å². The molecule has 4 aliphatic heterocycles. The summed E-state index contributed by atoms with van der Waals surface area (Å²) >= 11 is 0. The van der Waals surface area contributed by atoms with E-state index in [1.54, 1.807) is 0 Å². The summed E-state index contributed by atoms with van der Waals surface area (Å²) in [6.07, 6.45) is 9.09. The number of piperidine rings is 3. The Morgan fingerprint density at radius 2 is 2.07 bits per heavy atom. The second-order valence-corrected chi connectivity index (χ2v) is 9.56. The number of hydrogen-bond donors (Lipinski definition) is 2. The summed E-state index contributed by atoms with van der Waals surface area (Å²) in [6, 6.07) is 0.484. The lowest BCUT2D eigenvalue weighted by atomic mass is 9.75. The van der Waals surface area contributed by atoms with Gasteiger partial charge >= 0.3 is 0 Å². The predicted molar refractivity (Wildman–Crippen MR) is 105 cm³/mol. The van der Waals surface area contributed by atoms with Gasteiger partial charge in [-0.05, 0) is 18.8 Å². The van der Waals surface area contributed by atoms with Gasteiger partial charge in [-0.3, -0.25) is 4.79 Å². The summed E-state index contributed by atoms with van der Waals surface area (Å²) in [5, 5.41) is 19.6. The normalized spacial score (nSPS) is 34.3. The summed E-state index contributed by atoms with van der Waals surface area (Å²) in [7, 11) is 0. The lowest BCUT2D eigenvalue weighted by Crippen LogP contribution is -3.20. The third-order valence-corrected chi connectivity index (χ3v) is 7.80. The van der Waals surface area contributed by atoms with Crippen LogP contribution in [0.1, 0.15) is 50.6 Å². The van der Waals surface area contributed by atoms with Crippen LogP contribution < -0.4 is 4.90 Å². The number of rotatable bonds is 4. The van der Waals surface area contributed by atoms with Crippen LogP contribution in [-0.4, -0.2) is 76.3 Å². The molecule has 5 aliphatic rings. The van der Waals surface area contributed by atoms with Crippen molar-refractivity contribution in [3.63, 3.8) is 0 Å². The van der Waals surface area contributed by atoms with Crippen LogP contribution in [0.25, 0.3) is 0 Å². The van der Waals surface area contributed by atoms with Gasteiger partial charge in [-0.15, -0.1) is 5.10 Å². The van der Waals surface area contributed by atoms with Gasteiger partial charge in [0, 0.05) is 25.9 Å². The first-order valence-electron chi connectivity index (χ1n) is 11.5. The Balaban J connectivity index is 1.21. The maximum atomic E-state index is 13.0. The van der Waals surface area contributed by atoms with E-state index in [4.69, 9.17) is 4.74 Å². The maximum Gasteiger partial charge on any atom is 0.231 e. The lowest BCUT2D eigenvalue weighted by molar-refractivity contribution is -0.945. The average molecular weight is 405 g/mol. The number of ether oxygens (including phenoxy) is 1. The highest BCUT2D eigenvalue weighted by atomic mass is 16.5. The van der Waals surface area contributed by atoms with E-state index in [0.717, 1.165) is 76.9 Å². The number of nitrogens with zero attached hydrogens (tertiary/aromatic N) is 4. The Morgan fingerprint density at radius 3 is 2.79 bits per heavy atom. The Kier molecular flexibility index (Phi) is 5.34. The third kappa shape index (κ3) is 3.82. The highest BCUT2D eigenvalue weighted by molar-refractivity contribution is 5.79. The number of aromatic nitrogens is 3. The molecule has 0 radical (unpaired) electrons. The van der Waals surface area contributed by atoms with Gasteiger partial charge in [0.25, 0.3) is 0 Å². The fourth-order valence-electron chi connectivity index (χ4n) is 6.04. The smallest absolute Gasteiger partial charge is 0.231 e. The van der Waals surface area contributed by atoms with E-state index in [9.17, 15) is 9.90 Å². The SMILES string of the molecule is O=C([C@H]1C[NH+]2CC[C@@H]1C[C@@H]2Cn1cc(C2(O)CCCCC2)nn1)N1CCOCC1. The molecule has 0 aromatic carbocycles. The minimum absolute atomic E-state index is 0.169. The van der Waals surface area contributed by atoms with E-state index < -0.39 is 5.60 Å². The van der Waals surface area contributed by atoms with Crippen molar-refractivity contribution in [3.8, 4) is 0 Å². The number of hydrogen-bond acceptors (Lipinski definition) is 5. The second kappa shape index (κ2) is 7.96. The molecule has 8 heteroatoms. The maximum absolute atomic E-state index is 13.0. The quantitative estimate of drug-likeness (QED) is 0.712. The van der Waals surface area contributed by atoms with E-state index in [1.807, 2.05) is 15.8 Å². The highest BCUT2D eigenvalue weighted by Crippen LogP contribution is 2.36. The number of aliphatic hydroxyl groups is 1. The highest BCUT2D eigenvalue weighted by Gasteiger charge is 2.48. The molecule has 5 fully saturated rings. The van der Waals surface area contributed by atoms with Crippen molar-refractivity contribution in [2.24, 2.45) is 11.8 Å². The van der Waals surface area contributed by atoms with Crippen LogP contribution in [0.5, 0.6) is 0 Å². The molecule has 160 valence electrons. The van der Waals surface area contributed by atoms with Crippen LogP contribution in [0.15, 0.2) is 6.20 Å². The van der Waals surface area contributed by atoms with E-state index in [1.165, 1.54) is 11.3 Å². The van der Waals surface area contributed by atoms with Crippen molar-refractivity contribution in [1.29, 1.82) is 0 Å². The molecule has 4 saturated heterocycles. The number of carbonyl (C=O) groups is 1. The van der Waals surface area contributed by atoms with Crippen molar-refractivity contribution < 1.29 is 19.5 Å². The standard InChI is InChI=1S/C21H33N5O3/c27-20(24-8-10-29-11-9-24)18-14-25-7-4-16(18)12-17(25)13-26-15-19(22-23-26)21(28)5-2-1-3-6-21/h15-18,28H,1-14H2/p+1/t16-,17-,18+/m1/s1. The first-order valence-corrected chi connectivity index (χ1v) is 11.5. The van der Waals surface area contributed by atoms with Crippen LogP contribution >= 0.6 is 0 Å². The summed E-state index contributed by atoms with van der Waals surface area (Å²) < 4.78 is 7.33. The number of fused-ring (bicyclic) bond motifs is 3. The van der Waals surface area contributed by atoms with Gasteiger partial charge in [-0.1, -0.05) is 24.5 Å². The van der Waals surface area contributed by atoms with Gasteiger partial charge < -0.3 is 19.6 Å². The fraction of sp³-hybridized carbons (Fsp3) is 0.857. The summed E-state index contributed by atoms with van der Waals surface area (Å²) in [5.74, 6) is 0.997. The Morgan fingerprint density at radius 1 is 1.28 bits per heavy atom. The molecule has 1 amide bonds. The Bertz CT molecular complexity index is 726. The molecular formula is C21H34N5O3+. The molecule has 2 bridgehead atoms. The number of amides is 1. The first kappa shape index (κ1) is 19.5. The van der Waals surface area contributed by atoms with Gasteiger partial charge in [-0.25, -0.2) is 4.68 Å². The molecule has 1 saturated carbocycles. The second-order valence-electron chi connectivity index (χ2n) is 9.56. The van der Waals surface area contributed by atoms with Gasteiger partial charge in [0.15, 0.2) is 0 Å². The molecule has 1 unspecified atom stereocenters. The molecule has 2 N–H and O–H groups in total. The molecular weight excluding hydrogens is 370 g/mol. The average Bonchev–Trinajstić information content (AvgIpc) is 3.24. The monoisotopic (exact) mass is 404 g/mol. The number of quaternary nitrogens is 1. The molecule has 8 nitrogen and oxygen atoms in total. The summed E-state index contributed by atoms with van der Waals surface area (Å²) in [4.78, 5) is 16.6. The summed E-state index contributed by atoms with van der Waals surface area (Å²) in [5.41, 5.74) is -0.0474. The number of nitrogens with one attached hydrogen (secondary N) is 1. The molecule has 1 aromatic rings. The lowest BCUT2D eigenvalue weighted by Gasteiger charge is -2.47. The largest absolute Gasteiger partial charge is 0.383 e. The van der Waals surface area contributed by atoms with Gasteiger partial charge in [-0.2, -0.15) is 0 Å². The van der Waals surface area contributed by atoms with E-state index in [2.05, 4.69) is 10.3 Å². The predicted octanol–water partition coefficient (Wildman–Crippen LogP) is -0.418. The minimum Gasteiger partial charge on any atom is -0.383 e. The van der Waals surface area contributed by atoms with Crippen molar-refractivity contribution in [1.82, 2.24) is 19.9 Å².